The van der Waals surface area contributed by atoms with Crippen molar-refractivity contribution in [3.63, 3.8) is 0 Å². The van der Waals surface area contributed by atoms with E-state index >= 15 is 0 Å². The van der Waals surface area contributed by atoms with Gasteiger partial charge in [-0.2, -0.15) is 0 Å². The van der Waals surface area contributed by atoms with Gasteiger partial charge in [0.1, 0.15) is 0 Å². The van der Waals surface area contributed by atoms with Gasteiger partial charge >= 0.3 is 29.6 Å². The zero-order chi connectivity index (χ0) is 5.70. The van der Waals surface area contributed by atoms with E-state index < -0.39 is 11.1 Å². The first-order chi connectivity index (χ1) is 3.27. The molecule has 0 amide bonds. The first-order valence-electron chi connectivity index (χ1n) is 1.82. The van der Waals surface area contributed by atoms with Crippen LogP contribution >= 0.6 is 0 Å². The molecule has 0 aromatic rings. The summed E-state index contributed by atoms with van der Waals surface area (Å²) in [5.74, 6) is 0.0938. The molecule has 0 aliphatic heterocycles. The van der Waals surface area contributed by atoms with Gasteiger partial charge < -0.3 is 9.29 Å². The first-order valence-corrected chi connectivity index (χ1v) is 3.06. The van der Waals surface area contributed by atoms with Crippen molar-refractivity contribution in [2.45, 2.75) is 0 Å². The molecule has 0 saturated carbocycles. The molecule has 0 radical (unpaired) electrons. The molecule has 44 valence electrons. The Morgan fingerprint density at radius 2 is 2.25 bits per heavy atom. The molecule has 8 heavy (non-hydrogen) atoms. The maximum Gasteiger partial charge on any atom is 1.00 e. The predicted octanol–water partition coefficient (Wildman–Crippen LogP) is -3.48. The van der Waals surface area contributed by atoms with Gasteiger partial charge in [0.25, 0.3) is 0 Å². The minimum absolute atomic E-state index is 0. The Labute approximate surface area is 73.4 Å². The zero-order valence-electron chi connectivity index (χ0n) is 5.05. The third-order valence-corrected chi connectivity index (χ3v) is 0.954. The fraction of sp³-hybridized carbons (Fsp3) is 1.00. The molecule has 0 saturated heterocycles. The van der Waals surface area contributed by atoms with Crippen molar-refractivity contribution in [3.05, 3.63) is 0 Å². The second-order valence-corrected chi connectivity index (χ2v) is 2.02. The number of hydrogen-bond acceptors (Lipinski definition) is 3. The second-order valence-electron chi connectivity index (χ2n) is 1.00. The van der Waals surface area contributed by atoms with E-state index in [0.717, 1.165) is 0 Å². The van der Waals surface area contributed by atoms with Crippen molar-refractivity contribution < 1.29 is 43.1 Å². The Hall–Kier alpha value is 1.07. The van der Waals surface area contributed by atoms with Gasteiger partial charge in [-0.3, -0.25) is 4.21 Å². The summed E-state index contributed by atoms with van der Waals surface area (Å²) in [7, 11) is 1.47. The molecular weight excluding hydrogens is 139 g/mol. The van der Waals surface area contributed by atoms with Crippen LogP contribution in [0.3, 0.4) is 0 Å². The molecule has 0 bridgehead atoms. The minimum atomic E-state index is -1.94. The maximum atomic E-state index is 9.68. The monoisotopic (exact) mass is 146 g/mol. The Morgan fingerprint density at radius 1 is 1.75 bits per heavy atom. The number of hydrogen-bond donors (Lipinski definition) is 0. The van der Waals surface area contributed by atoms with Crippen LogP contribution in [0.1, 0.15) is 0 Å². The predicted molar refractivity (Wildman–Crippen MR) is 25.7 cm³/mol. The van der Waals surface area contributed by atoms with Gasteiger partial charge in [0.2, 0.25) is 0 Å². The van der Waals surface area contributed by atoms with Crippen molar-refractivity contribution >= 4 is 11.1 Å². The van der Waals surface area contributed by atoms with E-state index in [0.29, 0.717) is 0 Å². The summed E-state index contributed by atoms with van der Waals surface area (Å²) in [6.45, 7) is 0.288. The molecule has 0 N–H and O–H groups in total. The Bertz CT molecular complexity index is 67.5. The summed E-state index contributed by atoms with van der Waals surface area (Å²) in [4.78, 5) is 0. The van der Waals surface area contributed by atoms with Gasteiger partial charge in [-0.05, 0) is 0 Å². The Kier molecular flexibility index (Phi) is 11.9. The van der Waals surface area contributed by atoms with Gasteiger partial charge in [-0.25, -0.2) is 0 Å². The van der Waals surface area contributed by atoms with E-state index in [2.05, 4.69) is 4.74 Å². The third kappa shape index (κ3) is 10.1. The SMILES string of the molecule is COCCS(=O)[O-].[Na+]. The van der Waals surface area contributed by atoms with Crippen LogP contribution in [0.4, 0.5) is 0 Å². The van der Waals surface area contributed by atoms with Crippen LogP contribution in [0.2, 0.25) is 0 Å². The van der Waals surface area contributed by atoms with Crippen LogP contribution in [0.15, 0.2) is 0 Å². The van der Waals surface area contributed by atoms with Crippen LogP contribution < -0.4 is 29.6 Å². The smallest absolute Gasteiger partial charge is 0.772 e. The molecular formula is C3H7NaO3S. The van der Waals surface area contributed by atoms with E-state index in [9.17, 15) is 8.76 Å². The quantitative estimate of drug-likeness (QED) is 0.307. The van der Waals surface area contributed by atoms with Gasteiger partial charge in [0.15, 0.2) is 0 Å². The van der Waals surface area contributed by atoms with Crippen molar-refractivity contribution in [2.75, 3.05) is 19.5 Å². The normalized spacial score (nSPS) is 12.2. The topological polar surface area (TPSA) is 49.4 Å². The molecule has 3 nitrogen and oxygen atoms in total. The Morgan fingerprint density at radius 3 is 2.38 bits per heavy atom. The molecule has 5 heteroatoms. The fourth-order valence-corrected chi connectivity index (χ4v) is 0.454. The summed E-state index contributed by atoms with van der Waals surface area (Å²) in [5, 5.41) is 0. The summed E-state index contributed by atoms with van der Waals surface area (Å²) >= 11 is -1.94. The van der Waals surface area contributed by atoms with E-state index in [1.165, 1.54) is 7.11 Å². The molecule has 1 unspecified atom stereocenters. The van der Waals surface area contributed by atoms with Crippen LogP contribution in [-0.2, 0) is 15.8 Å². The molecule has 0 aliphatic carbocycles. The van der Waals surface area contributed by atoms with Crippen molar-refractivity contribution in [3.8, 4) is 0 Å². The average molecular weight is 146 g/mol. The third-order valence-electron chi connectivity index (χ3n) is 0.454. The van der Waals surface area contributed by atoms with Crippen LogP contribution in [-0.4, -0.2) is 28.2 Å². The van der Waals surface area contributed by atoms with Crippen molar-refractivity contribution in [1.29, 1.82) is 0 Å². The fourth-order valence-electron chi connectivity index (χ4n) is 0.151. The van der Waals surface area contributed by atoms with Gasteiger partial charge in [-0.1, -0.05) is 11.1 Å². The molecule has 0 rings (SSSR count). The standard InChI is InChI=1S/C3H8O3S.Na/c1-6-2-3-7(4)5;/h2-3H2,1H3,(H,4,5);/q;+1/p-1. The van der Waals surface area contributed by atoms with E-state index in [-0.39, 0.29) is 41.9 Å². The van der Waals surface area contributed by atoms with Gasteiger partial charge in [0.05, 0.1) is 6.61 Å². The molecule has 0 aliphatic rings. The first kappa shape index (κ1) is 11.8. The molecule has 1 atom stereocenters. The summed E-state index contributed by atoms with van der Waals surface area (Å²) in [6.07, 6.45) is 0. The van der Waals surface area contributed by atoms with E-state index in [4.69, 9.17) is 0 Å². The molecule has 0 aromatic heterocycles. The van der Waals surface area contributed by atoms with Gasteiger partial charge in [0, 0.05) is 12.9 Å². The maximum absolute atomic E-state index is 9.68. The molecule has 0 fully saturated rings. The van der Waals surface area contributed by atoms with Crippen LogP contribution in [0, 0.1) is 0 Å². The van der Waals surface area contributed by atoms with Crippen molar-refractivity contribution in [2.24, 2.45) is 0 Å². The summed E-state index contributed by atoms with van der Waals surface area (Å²) < 4.78 is 23.8. The molecule has 0 heterocycles. The molecule has 0 spiro atoms. The zero-order valence-corrected chi connectivity index (χ0v) is 7.86. The van der Waals surface area contributed by atoms with Gasteiger partial charge in [-0.15, -0.1) is 0 Å². The number of rotatable bonds is 3. The summed E-state index contributed by atoms with van der Waals surface area (Å²) in [5.41, 5.74) is 0. The van der Waals surface area contributed by atoms with E-state index in [1.54, 1.807) is 0 Å². The van der Waals surface area contributed by atoms with E-state index in [1.807, 2.05) is 0 Å². The molecule has 0 aromatic carbocycles. The summed E-state index contributed by atoms with van der Waals surface area (Å²) in [6, 6.07) is 0. The average Bonchev–Trinajstić information content (AvgIpc) is 1.61. The number of ether oxygens (including phenoxy) is 1. The Balaban J connectivity index is 0. The van der Waals surface area contributed by atoms with Crippen LogP contribution in [0.5, 0.6) is 0 Å². The number of methoxy groups -OCH3 is 1. The largest absolute Gasteiger partial charge is 1.00 e. The van der Waals surface area contributed by atoms with Crippen LogP contribution in [0.25, 0.3) is 0 Å². The second kappa shape index (κ2) is 8.07. The van der Waals surface area contributed by atoms with Crippen molar-refractivity contribution in [1.82, 2.24) is 0 Å². The minimum Gasteiger partial charge on any atom is -0.772 e.